The van der Waals surface area contributed by atoms with Gasteiger partial charge in [-0.25, -0.2) is 9.79 Å². The molecule has 1 aromatic rings. The summed E-state index contributed by atoms with van der Waals surface area (Å²) in [6, 6.07) is 8.51. The van der Waals surface area contributed by atoms with Gasteiger partial charge in [-0.3, -0.25) is 0 Å². The van der Waals surface area contributed by atoms with Gasteiger partial charge in [0.15, 0.2) is 0 Å². The van der Waals surface area contributed by atoms with E-state index in [-0.39, 0.29) is 5.41 Å². The Hall–Kier alpha value is -1.40. The minimum atomic E-state index is 0.158. The maximum Gasteiger partial charge on any atom is 0.234 e. The fourth-order valence-electron chi connectivity index (χ4n) is 1.78. The van der Waals surface area contributed by atoms with Gasteiger partial charge in [-0.2, -0.15) is 0 Å². The maximum atomic E-state index is 10.1. The zero-order valence-corrected chi connectivity index (χ0v) is 8.29. The molecule has 1 aromatic carbocycles. The van der Waals surface area contributed by atoms with Crippen LogP contribution in [0.3, 0.4) is 0 Å². The van der Waals surface area contributed by atoms with Gasteiger partial charge in [0.1, 0.15) is 0 Å². The van der Waals surface area contributed by atoms with Crippen molar-refractivity contribution in [2.24, 2.45) is 4.99 Å². The fourth-order valence-corrected chi connectivity index (χ4v) is 1.78. The fraction of sp³-hybridized carbons (Fsp3) is 0.417. The molecule has 1 saturated carbocycles. The summed E-state index contributed by atoms with van der Waals surface area (Å²) in [5.74, 6) is 0. The molecule has 2 heteroatoms. The highest BCUT2D eigenvalue weighted by molar-refractivity contribution is 5.37. The van der Waals surface area contributed by atoms with Crippen LogP contribution in [0, 0.1) is 6.92 Å². The largest absolute Gasteiger partial charge is 0.234 e. The molecule has 0 spiro atoms. The lowest BCUT2D eigenvalue weighted by Gasteiger charge is -2.11. The molecule has 0 heterocycles. The first-order valence-electron chi connectivity index (χ1n) is 4.88. The molecule has 0 saturated heterocycles. The number of isocyanates is 1. The molecular formula is C12H13NO. The molecule has 14 heavy (non-hydrogen) atoms. The number of hydrogen-bond acceptors (Lipinski definition) is 2. The second-order valence-corrected chi connectivity index (χ2v) is 4.05. The van der Waals surface area contributed by atoms with Crippen LogP contribution in [0.5, 0.6) is 0 Å². The number of nitrogens with zero attached hydrogens (tertiary/aromatic N) is 1. The Morgan fingerprint density at radius 1 is 1.36 bits per heavy atom. The molecule has 0 bridgehead atoms. The Kier molecular flexibility index (Phi) is 2.22. The molecule has 0 aliphatic heterocycles. The first kappa shape index (κ1) is 9.17. The van der Waals surface area contributed by atoms with E-state index in [1.807, 2.05) is 0 Å². The van der Waals surface area contributed by atoms with Crippen LogP contribution < -0.4 is 0 Å². The van der Waals surface area contributed by atoms with Crippen molar-refractivity contribution < 1.29 is 4.79 Å². The van der Waals surface area contributed by atoms with Crippen LogP contribution in [0.1, 0.15) is 24.0 Å². The molecule has 0 unspecified atom stereocenters. The van der Waals surface area contributed by atoms with Crippen LogP contribution in [0.15, 0.2) is 29.3 Å². The lowest BCUT2D eigenvalue weighted by atomic mass is 9.95. The minimum absolute atomic E-state index is 0.158. The Balaban J connectivity index is 2.21. The maximum absolute atomic E-state index is 10.1. The van der Waals surface area contributed by atoms with Crippen LogP contribution >= 0.6 is 0 Å². The molecule has 72 valence electrons. The molecule has 1 fully saturated rings. The van der Waals surface area contributed by atoms with E-state index in [2.05, 4.69) is 36.2 Å². The van der Waals surface area contributed by atoms with Gasteiger partial charge in [0, 0.05) is 5.41 Å². The summed E-state index contributed by atoms with van der Waals surface area (Å²) in [7, 11) is 0. The summed E-state index contributed by atoms with van der Waals surface area (Å²) in [5, 5.41) is 0. The molecule has 0 amide bonds. The predicted octanol–water partition coefficient (Wildman–Crippen LogP) is 2.36. The number of hydrogen-bond donors (Lipinski definition) is 0. The third-order valence-electron chi connectivity index (χ3n) is 2.96. The first-order valence-corrected chi connectivity index (χ1v) is 4.88. The summed E-state index contributed by atoms with van der Waals surface area (Å²) in [6.07, 6.45) is 3.90. The van der Waals surface area contributed by atoms with E-state index in [0.29, 0.717) is 6.54 Å². The Morgan fingerprint density at radius 2 is 2.00 bits per heavy atom. The molecule has 0 N–H and O–H groups in total. The molecule has 0 aromatic heterocycles. The molecule has 2 nitrogen and oxygen atoms in total. The number of benzene rings is 1. The van der Waals surface area contributed by atoms with Crippen molar-refractivity contribution >= 4 is 6.08 Å². The Morgan fingerprint density at radius 3 is 2.50 bits per heavy atom. The van der Waals surface area contributed by atoms with E-state index in [1.54, 1.807) is 6.08 Å². The minimum Gasteiger partial charge on any atom is -0.211 e. The number of aliphatic imine (C=N–C) groups is 1. The van der Waals surface area contributed by atoms with Gasteiger partial charge >= 0.3 is 0 Å². The van der Waals surface area contributed by atoms with Gasteiger partial charge in [-0.05, 0) is 25.3 Å². The third kappa shape index (κ3) is 1.61. The van der Waals surface area contributed by atoms with Gasteiger partial charge in [0.05, 0.1) is 6.54 Å². The van der Waals surface area contributed by atoms with Crippen molar-refractivity contribution in [3.8, 4) is 0 Å². The number of aryl methyl sites for hydroxylation is 1. The standard InChI is InChI=1S/C12H13NO/c1-10-2-4-11(5-3-10)12(6-7-12)8-13-9-14/h2-5H,6-8H2,1H3. The van der Waals surface area contributed by atoms with Gasteiger partial charge < -0.3 is 0 Å². The molecular weight excluding hydrogens is 174 g/mol. The van der Waals surface area contributed by atoms with Crippen LogP contribution in [0.25, 0.3) is 0 Å². The summed E-state index contributed by atoms with van der Waals surface area (Å²) in [4.78, 5) is 13.8. The van der Waals surface area contributed by atoms with E-state index in [9.17, 15) is 4.79 Å². The van der Waals surface area contributed by atoms with E-state index in [0.717, 1.165) is 12.8 Å². The van der Waals surface area contributed by atoms with E-state index in [4.69, 9.17) is 0 Å². The van der Waals surface area contributed by atoms with Crippen LogP contribution in [0.2, 0.25) is 0 Å². The summed E-state index contributed by atoms with van der Waals surface area (Å²) < 4.78 is 0. The van der Waals surface area contributed by atoms with Crippen molar-refractivity contribution in [2.45, 2.75) is 25.2 Å². The van der Waals surface area contributed by atoms with Crippen molar-refractivity contribution in [3.05, 3.63) is 35.4 Å². The lowest BCUT2D eigenvalue weighted by molar-refractivity contribution is 0.559. The highest BCUT2D eigenvalue weighted by Crippen LogP contribution is 2.48. The van der Waals surface area contributed by atoms with Crippen molar-refractivity contribution in [1.82, 2.24) is 0 Å². The highest BCUT2D eigenvalue weighted by atomic mass is 16.1. The second kappa shape index (κ2) is 3.39. The number of rotatable bonds is 3. The topological polar surface area (TPSA) is 29.4 Å². The predicted molar refractivity (Wildman–Crippen MR) is 55.1 cm³/mol. The monoisotopic (exact) mass is 187 g/mol. The zero-order valence-electron chi connectivity index (χ0n) is 8.29. The Bertz CT molecular complexity index is 370. The lowest BCUT2D eigenvalue weighted by Crippen LogP contribution is -2.10. The van der Waals surface area contributed by atoms with Gasteiger partial charge in [0.25, 0.3) is 0 Å². The normalized spacial score (nSPS) is 17.2. The van der Waals surface area contributed by atoms with Crippen molar-refractivity contribution in [3.63, 3.8) is 0 Å². The van der Waals surface area contributed by atoms with Gasteiger partial charge in [0.2, 0.25) is 6.08 Å². The quantitative estimate of drug-likeness (QED) is 0.527. The average Bonchev–Trinajstić information content (AvgIpc) is 2.97. The van der Waals surface area contributed by atoms with E-state index >= 15 is 0 Å². The first-order chi connectivity index (χ1) is 6.77. The molecule has 0 radical (unpaired) electrons. The van der Waals surface area contributed by atoms with Crippen molar-refractivity contribution in [1.29, 1.82) is 0 Å². The zero-order chi connectivity index (χ0) is 10.0. The Labute approximate surface area is 83.7 Å². The third-order valence-corrected chi connectivity index (χ3v) is 2.96. The second-order valence-electron chi connectivity index (χ2n) is 4.05. The average molecular weight is 187 g/mol. The van der Waals surface area contributed by atoms with Gasteiger partial charge in [-0.1, -0.05) is 29.8 Å². The molecule has 1 aliphatic rings. The summed E-state index contributed by atoms with van der Waals surface area (Å²) in [6.45, 7) is 2.67. The van der Waals surface area contributed by atoms with E-state index < -0.39 is 0 Å². The van der Waals surface area contributed by atoms with E-state index in [1.165, 1.54) is 11.1 Å². The van der Waals surface area contributed by atoms with Crippen LogP contribution in [-0.2, 0) is 10.2 Å². The van der Waals surface area contributed by atoms with Crippen LogP contribution in [0.4, 0.5) is 0 Å². The van der Waals surface area contributed by atoms with Crippen LogP contribution in [-0.4, -0.2) is 12.6 Å². The summed E-state index contributed by atoms with van der Waals surface area (Å²) in [5.41, 5.74) is 2.73. The molecule has 0 atom stereocenters. The SMILES string of the molecule is Cc1ccc(C2(CN=C=O)CC2)cc1. The molecule has 1 aliphatic carbocycles. The smallest absolute Gasteiger partial charge is 0.211 e. The highest BCUT2D eigenvalue weighted by Gasteiger charge is 2.43. The molecule has 2 rings (SSSR count). The summed E-state index contributed by atoms with van der Waals surface area (Å²) >= 11 is 0. The van der Waals surface area contributed by atoms with Crippen molar-refractivity contribution in [2.75, 3.05) is 6.54 Å². The number of carbonyl (C=O) groups excluding carboxylic acids is 1. The van der Waals surface area contributed by atoms with Gasteiger partial charge in [-0.15, -0.1) is 0 Å².